The molecule has 0 aliphatic carbocycles. The number of halogens is 1. The smallest absolute Gasteiger partial charge is 0.255 e. The van der Waals surface area contributed by atoms with Crippen LogP contribution in [0, 0.1) is 19.7 Å². The Labute approximate surface area is 169 Å². The van der Waals surface area contributed by atoms with E-state index >= 15 is 0 Å². The van der Waals surface area contributed by atoms with Gasteiger partial charge in [0.05, 0.1) is 11.3 Å². The van der Waals surface area contributed by atoms with Crippen LogP contribution in [-0.4, -0.2) is 35.4 Å². The number of amides is 2. The Kier molecular flexibility index (Phi) is 5.82. The van der Waals surface area contributed by atoms with Crippen LogP contribution >= 0.6 is 0 Å². The highest BCUT2D eigenvalue weighted by atomic mass is 19.1. The standard InChI is InChI=1S/C23H24FN3O2/c1-15-13-19(16(2)27(15)21-8-6-5-7-20(21)24)23(29)26(4)14-17-9-11-18(12-10-17)22(28)25-3/h5-13H,14H2,1-4H3,(H,25,28). The first-order valence-corrected chi connectivity index (χ1v) is 9.33. The molecule has 0 spiro atoms. The molecule has 0 saturated carbocycles. The summed E-state index contributed by atoms with van der Waals surface area (Å²) in [5.41, 5.74) is 3.93. The number of carbonyl (C=O) groups excluding carboxylic acids is 2. The Balaban J connectivity index is 1.83. The maximum Gasteiger partial charge on any atom is 0.255 e. The highest BCUT2D eigenvalue weighted by molar-refractivity contribution is 5.96. The minimum absolute atomic E-state index is 0.143. The molecule has 29 heavy (non-hydrogen) atoms. The van der Waals surface area contributed by atoms with Gasteiger partial charge in [0.25, 0.3) is 11.8 Å². The van der Waals surface area contributed by atoms with Crippen LogP contribution in [0.5, 0.6) is 0 Å². The number of benzene rings is 2. The van der Waals surface area contributed by atoms with E-state index in [2.05, 4.69) is 5.32 Å². The number of nitrogens with one attached hydrogen (secondary N) is 1. The summed E-state index contributed by atoms with van der Waals surface area (Å²) in [4.78, 5) is 26.3. The van der Waals surface area contributed by atoms with Crippen molar-refractivity contribution >= 4 is 11.8 Å². The van der Waals surface area contributed by atoms with Gasteiger partial charge < -0.3 is 14.8 Å². The Morgan fingerprint density at radius 2 is 1.72 bits per heavy atom. The molecular formula is C23H24FN3O2. The quantitative estimate of drug-likeness (QED) is 0.716. The lowest BCUT2D eigenvalue weighted by Crippen LogP contribution is -2.26. The molecule has 5 nitrogen and oxygen atoms in total. The second-order valence-electron chi connectivity index (χ2n) is 7.01. The van der Waals surface area contributed by atoms with E-state index in [1.165, 1.54) is 6.07 Å². The lowest BCUT2D eigenvalue weighted by atomic mass is 10.1. The van der Waals surface area contributed by atoms with Crippen LogP contribution in [0.3, 0.4) is 0 Å². The highest BCUT2D eigenvalue weighted by Gasteiger charge is 2.21. The van der Waals surface area contributed by atoms with E-state index in [9.17, 15) is 14.0 Å². The minimum Gasteiger partial charge on any atom is -0.355 e. The zero-order valence-electron chi connectivity index (χ0n) is 17.0. The van der Waals surface area contributed by atoms with Gasteiger partial charge in [0.15, 0.2) is 0 Å². The van der Waals surface area contributed by atoms with Crippen LogP contribution in [0.4, 0.5) is 4.39 Å². The van der Waals surface area contributed by atoms with E-state index < -0.39 is 0 Å². The molecule has 0 aliphatic heterocycles. The van der Waals surface area contributed by atoms with Crippen molar-refractivity contribution < 1.29 is 14.0 Å². The Morgan fingerprint density at radius 1 is 1.07 bits per heavy atom. The fourth-order valence-corrected chi connectivity index (χ4v) is 3.44. The van der Waals surface area contributed by atoms with Crippen molar-refractivity contribution in [2.45, 2.75) is 20.4 Å². The van der Waals surface area contributed by atoms with Gasteiger partial charge in [0.2, 0.25) is 0 Å². The zero-order valence-corrected chi connectivity index (χ0v) is 17.0. The number of carbonyl (C=O) groups is 2. The van der Waals surface area contributed by atoms with Crippen molar-refractivity contribution in [2.24, 2.45) is 0 Å². The van der Waals surface area contributed by atoms with Gasteiger partial charge >= 0.3 is 0 Å². The Morgan fingerprint density at radius 3 is 2.34 bits per heavy atom. The van der Waals surface area contributed by atoms with Crippen LogP contribution in [0.2, 0.25) is 0 Å². The van der Waals surface area contributed by atoms with Gasteiger partial charge in [-0.1, -0.05) is 24.3 Å². The van der Waals surface area contributed by atoms with E-state index in [0.29, 0.717) is 29.1 Å². The minimum atomic E-state index is -0.335. The summed E-state index contributed by atoms with van der Waals surface area (Å²) in [7, 11) is 3.31. The number of aromatic nitrogens is 1. The monoisotopic (exact) mass is 393 g/mol. The summed E-state index contributed by atoms with van der Waals surface area (Å²) in [5, 5.41) is 2.58. The van der Waals surface area contributed by atoms with Gasteiger partial charge in [-0.25, -0.2) is 4.39 Å². The first-order chi connectivity index (χ1) is 13.8. The number of hydrogen-bond acceptors (Lipinski definition) is 2. The maximum atomic E-state index is 14.3. The van der Waals surface area contributed by atoms with Crippen LogP contribution < -0.4 is 5.32 Å². The fraction of sp³-hybridized carbons (Fsp3) is 0.217. The number of nitrogens with zero attached hydrogens (tertiary/aromatic N) is 2. The molecule has 1 heterocycles. The molecule has 0 radical (unpaired) electrons. The van der Waals surface area contributed by atoms with E-state index in [-0.39, 0.29) is 17.6 Å². The SMILES string of the molecule is CNC(=O)c1ccc(CN(C)C(=O)c2cc(C)n(-c3ccccc3F)c2C)cc1. The molecular weight excluding hydrogens is 369 g/mol. The number of aryl methyl sites for hydroxylation is 1. The molecule has 0 bridgehead atoms. The second kappa shape index (κ2) is 8.31. The molecule has 1 N–H and O–H groups in total. The number of para-hydroxylation sites is 1. The number of rotatable bonds is 5. The first-order valence-electron chi connectivity index (χ1n) is 9.33. The third-order valence-electron chi connectivity index (χ3n) is 4.96. The lowest BCUT2D eigenvalue weighted by molar-refractivity contribution is 0.0784. The molecule has 6 heteroatoms. The van der Waals surface area contributed by atoms with Gasteiger partial charge in [-0.05, 0) is 49.7 Å². The third-order valence-corrected chi connectivity index (χ3v) is 4.96. The molecule has 0 atom stereocenters. The van der Waals surface area contributed by atoms with Crippen molar-refractivity contribution in [3.05, 3.63) is 88.5 Å². The van der Waals surface area contributed by atoms with Gasteiger partial charge in [-0.15, -0.1) is 0 Å². The predicted octanol–water partition coefficient (Wildman–Crippen LogP) is 3.87. The topological polar surface area (TPSA) is 54.3 Å². The molecule has 1 aromatic heterocycles. The van der Waals surface area contributed by atoms with Crippen molar-refractivity contribution in [2.75, 3.05) is 14.1 Å². The van der Waals surface area contributed by atoms with Crippen molar-refractivity contribution in [1.29, 1.82) is 0 Å². The normalized spacial score (nSPS) is 10.7. The molecule has 2 aromatic carbocycles. The van der Waals surface area contributed by atoms with Crippen molar-refractivity contribution in [3.63, 3.8) is 0 Å². The van der Waals surface area contributed by atoms with Gasteiger partial charge in [0.1, 0.15) is 5.82 Å². The average Bonchev–Trinajstić information content (AvgIpc) is 3.01. The first kappa shape index (κ1) is 20.3. The van der Waals surface area contributed by atoms with Crippen LogP contribution in [-0.2, 0) is 6.54 Å². The molecule has 0 fully saturated rings. The van der Waals surface area contributed by atoms with Crippen LogP contribution in [0.25, 0.3) is 5.69 Å². The molecule has 0 aliphatic rings. The molecule has 3 rings (SSSR count). The summed E-state index contributed by atoms with van der Waals surface area (Å²) in [5.74, 6) is -0.629. The maximum absolute atomic E-state index is 14.3. The van der Waals surface area contributed by atoms with E-state index in [4.69, 9.17) is 0 Å². The zero-order chi connectivity index (χ0) is 21.1. The predicted molar refractivity (Wildman–Crippen MR) is 111 cm³/mol. The summed E-state index contributed by atoms with van der Waals surface area (Å²) >= 11 is 0. The largest absolute Gasteiger partial charge is 0.355 e. The average molecular weight is 393 g/mol. The van der Waals surface area contributed by atoms with Crippen LogP contribution in [0.1, 0.15) is 37.7 Å². The van der Waals surface area contributed by atoms with Crippen LogP contribution in [0.15, 0.2) is 54.6 Å². The van der Waals surface area contributed by atoms with Gasteiger partial charge in [-0.3, -0.25) is 9.59 Å². The summed E-state index contributed by atoms with van der Waals surface area (Å²) in [6.07, 6.45) is 0. The molecule has 3 aromatic rings. The van der Waals surface area contributed by atoms with Gasteiger partial charge in [0, 0.05) is 37.6 Å². The Hall–Kier alpha value is -3.41. The lowest BCUT2D eigenvalue weighted by Gasteiger charge is -2.18. The van der Waals surface area contributed by atoms with E-state index in [1.807, 2.05) is 26.0 Å². The second-order valence-corrected chi connectivity index (χ2v) is 7.01. The molecule has 0 unspecified atom stereocenters. The molecule has 150 valence electrons. The van der Waals surface area contributed by atoms with Crippen molar-refractivity contribution in [1.82, 2.24) is 14.8 Å². The Bertz CT molecular complexity index is 1050. The molecule has 0 saturated heterocycles. The summed E-state index contributed by atoms with van der Waals surface area (Å²) in [6, 6.07) is 15.4. The van der Waals surface area contributed by atoms with Gasteiger partial charge in [-0.2, -0.15) is 0 Å². The highest BCUT2D eigenvalue weighted by Crippen LogP contribution is 2.24. The molecule has 2 amide bonds. The van der Waals surface area contributed by atoms with E-state index in [1.54, 1.807) is 60.0 Å². The summed E-state index contributed by atoms with van der Waals surface area (Å²) < 4.78 is 16.0. The van der Waals surface area contributed by atoms with E-state index in [0.717, 1.165) is 11.3 Å². The fourth-order valence-electron chi connectivity index (χ4n) is 3.44. The van der Waals surface area contributed by atoms with Crippen molar-refractivity contribution in [3.8, 4) is 5.69 Å². The summed E-state index contributed by atoms with van der Waals surface area (Å²) in [6.45, 7) is 4.07. The third kappa shape index (κ3) is 4.06. The number of hydrogen-bond donors (Lipinski definition) is 1.